The van der Waals surface area contributed by atoms with Crippen molar-refractivity contribution in [2.75, 3.05) is 33.2 Å². The molecule has 0 bridgehead atoms. The molecule has 5 nitrogen and oxygen atoms in total. The van der Waals surface area contributed by atoms with Crippen LogP contribution < -0.4 is 10.6 Å². The van der Waals surface area contributed by atoms with E-state index < -0.39 is 0 Å². The Morgan fingerprint density at radius 1 is 1.32 bits per heavy atom. The number of guanidine groups is 1. The first-order valence-electron chi connectivity index (χ1n) is 9.75. The lowest BCUT2D eigenvalue weighted by Crippen LogP contribution is -2.43. The van der Waals surface area contributed by atoms with Crippen LogP contribution in [0.1, 0.15) is 41.3 Å². The smallest absolute Gasteiger partial charge is 0.191 e. The second-order valence-electron chi connectivity index (χ2n) is 7.33. The zero-order valence-electron chi connectivity index (χ0n) is 17.0. The predicted molar refractivity (Wildman–Crippen MR) is 132 cm³/mol. The summed E-state index contributed by atoms with van der Waals surface area (Å²) < 4.78 is 0. The van der Waals surface area contributed by atoms with Crippen molar-refractivity contribution in [3.8, 4) is 0 Å². The van der Waals surface area contributed by atoms with Crippen LogP contribution in [0.15, 0.2) is 27.9 Å². The SMILES string of the molecule is CN=C(NCC1CCN(Cc2csc(C)n2)CC1)NCC(C)c1cccs1.I. The minimum atomic E-state index is 0. The molecule has 156 valence electrons. The van der Waals surface area contributed by atoms with Crippen LogP contribution in [0, 0.1) is 12.8 Å². The number of piperidine rings is 1. The van der Waals surface area contributed by atoms with Gasteiger partial charge >= 0.3 is 0 Å². The Kier molecular flexibility index (Phi) is 10.2. The van der Waals surface area contributed by atoms with Gasteiger partial charge in [-0.2, -0.15) is 0 Å². The maximum Gasteiger partial charge on any atom is 0.191 e. The Morgan fingerprint density at radius 3 is 2.71 bits per heavy atom. The molecule has 0 spiro atoms. The van der Waals surface area contributed by atoms with Gasteiger partial charge in [0, 0.05) is 42.9 Å². The van der Waals surface area contributed by atoms with Crippen molar-refractivity contribution in [1.82, 2.24) is 20.5 Å². The first-order chi connectivity index (χ1) is 13.1. The summed E-state index contributed by atoms with van der Waals surface area (Å²) >= 11 is 3.57. The van der Waals surface area contributed by atoms with Crippen molar-refractivity contribution in [2.45, 2.75) is 39.2 Å². The Morgan fingerprint density at radius 2 is 2.11 bits per heavy atom. The lowest BCUT2D eigenvalue weighted by molar-refractivity contribution is 0.176. The van der Waals surface area contributed by atoms with E-state index in [4.69, 9.17) is 0 Å². The number of nitrogens with one attached hydrogen (secondary N) is 2. The van der Waals surface area contributed by atoms with Gasteiger partial charge in [0.25, 0.3) is 0 Å². The molecule has 0 saturated carbocycles. The number of thiophene rings is 1. The van der Waals surface area contributed by atoms with E-state index in [2.05, 4.69) is 62.3 Å². The Labute approximate surface area is 194 Å². The van der Waals surface area contributed by atoms with Crippen molar-refractivity contribution in [3.05, 3.63) is 38.5 Å². The third kappa shape index (κ3) is 7.27. The summed E-state index contributed by atoms with van der Waals surface area (Å²) in [4.78, 5) is 12.9. The molecule has 1 saturated heterocycles. The van der Waals surface area contributed by atoms with E-state index in [1.807, 2.05) is 18.4 Å². The highest BCUT2D eigenvalue weighted by atomic mass is 127. The first kappa shape index (κ1) is 23.6. The summed E-state index contributed by atoms with van der Waals surface area (Å²) in [5.74, 6) is 2.13. The van der Waals surface area contributed by atoms with Crippen LogP contribution in [0.25, 0.3) is 0 Å². The molecule has 1 unspecified atom stereocenters. The van der Waals surface area contributed by atoms with Gasteiger partial charge in [-0.1, -0.05) is 13.0 Å². The number of likely N-dealkylation sites (tertiary alicyclic amines) is 1. The molecular formula is C20H32IN5S2. The topological polar surface area (TPSA) is 52.6 Å². The first-order valence-corrected chi connectivity index (χ1v) is 11.5. The van der Waals surface area contributed by atoms with Gasteiger partial charge < -0.3 is 10.6 Å². The number of aliphatic imine (C=N–C) groups is 1. The van der Waals surface area contributed by atoms with Gasteiger partial charge in [-0.25, -0.2) is 4.98 Å². The van der Waals surface area contributed by atoms with Crippen molar-refractivity contribution >= 4 is 52.6 Å². The van der Waals surface area contributed by atoms with Crippen LogP contribution in [0.2, 0.25) is 0 Å². The number of nitrogens with zero attached hydrogens (tertiary/aromatic N) is 3. The maximum absolute atomic E-state index is 4.59. The van der Waals surface area contributed by atoms with Gasteiger partial charge in [-0.05, 0) is 50.2 Å². The third-order valence-corrected chi connectivity index (χ3v) is 7.07. The zero-order valence-corrected chi connectivity index (χ0v) is 20.9. The second-order valence-corrected chi connectivity index (χ2v) is 9.37. The van der Waals surface area contributed by atoms with Gasteiger partial charge in [-0.15, -0.1) is 46.7 Å². The largest absolute Gasteiger partial charge is 0.356 e. The van der Waals surface area contributed by atoms with Gasteiger partial charge in [0.15, 0.2) is 5.96 Å². The summed E-state index contributed by atoms with van der Waals surface area (Å²) in [6, 6.07) is 4.32. The van der Waals surface area contributed by atoms with E-state index in [0.29, 0.717) is 11.8 Å². The molecule has 0 amide bonds. The third-order valence-electron chi connectivity index (χ3n) is 5.15. The number of rotatable bonds is 7. The lowest BCUT2D eigenvalue weighted by Gasteiger charge is -2.31. The van der Waals surface area contributed by atoms with Crippen molar-refractivity contribution in [1.29, 1.82) is 0 Å². The Bertz CT molecular complexity index is 708. The molecule has 3 heterocycles. The van der Waals surface area contributed by atoms with Crippen molar-refractivity contribution in [2.24, 2.45) is 10.9 Å². The fraction of sp³-hybridized carbons (Fsp3) is 0.600. The molecule has 1 fully saturated rings. The fourth-order valence-electron chi connectivity index (χ4n) is 3.44. The van der Waals surface area contributed by atoms with E-state index in [0.717, 1.165) is 43.7 Å². The van der Waals surface area contributed by atoms with E-state index in [-0.39, 0.29) is 24.0 Å². The quantitative estimate of drug-likeness (QED) is 0.317. The van der Waals surface area contributed by atoms with Crippen molar-refractivity contribution in [3.63, 3.8) is 0 Å². The molecule has 1 atom stereocenters. The molecule has 2 aromatic rings. The highest BCUT2D eigenvalue weighted by Gasteiger charge is 2.20. The molecular weight excluding hydrogens is 501 g/mol. The molecule has 1 aliphatic heterocycles. The highest BCUT2D eigenvalue weighted by Crippen LogP contribution is 2.20. The average molecular weight is 534 g/mol. The highest BCUT2D eigenvalue weighted by molar-refractivity contribution is 14.0. The molecule has 8 heteroatoms. The van der Waals surface area contributed by atoms with Crippen LogP contribution in [0.4, 0.5) is 0 Å². The van der Waals surface area contributed by atoms with E-state index in [1.54, 1.807) is 11.3 Å². The average Bonchev–Trinajstić information content (AvgIpc) is 3.35. The summed E-state index contributed by atoms with van der Waals surface area (Å²) in [5.41, 5.74) is 1.22. The van der Waals surface area contributed by atoms with E-state index in [9.17, 15) is 0 Å². The van der Waals surface area contributed by atoms with Crippen LogP contribution in [0.3, 0.4) is 0 Å². The fourth-order valence-corrected chi connectivity index (χ4v) is 4.83. The lowest BCUT2D eigenvalue weighted by atomic mass is 9.97. The van der Waals surface area contributed by atoms with Crippen LogP contribution in [-0.4, -0.2) is 49.1 Å². The van der Waals surface area contributed by atoms with E-state index in [1.165, 1.54) is 23.4 Å². The molecule has 3 rings (SSSR count). The number of hydrogen-bond donors (Lipinski definition) is 2. The molecule has 28 heavy (non-hydrogen) atoms. The van der Waals surface area contributed by atoms with E-state index >= 15 is 0 Å². The molecule has 0 radical (unpaired) electrons. The van der Waals surface area contributed by atoms with Gasteiger partial charge in [0.2, 0.25) is 0 Å². The zero-order chi connectivity index (χ0) is 19.1. The summed E-state index contributed by atoms with van der Waals surface area (Å²) in [5, 5.41) is 12.5. The number of aromatic nitrogens is 1. The molecule has 0 aromatic carbocycles. The molecule has 2 N–H and O–H groups in total. The standard InChI is InChI=1S/C20H31N5S2.HI/c1-15(19-5-4-10-26-19)11-22-20(21-3)23-12-17-6-8-25(9-7-17)13-18-14-27-16(2)24-18;/h4-5,10,14-15,17H,6-9,11-13H2,1-3H3,(H2,21,22,23);1H. The van der Waals surface area contributed by atoms with Crippen LogP contribution in [0.5, 0.6) is 0 Å². The van der Waals surface area contributed by atoms with Crippen LogP contribution >= 0.6 is 46.7 Å². The second kappa shape index (κ2) is 12.1. The summed E-state index contributed by atoms with van der Waals surface area (Å²) in [6.07, 6.45) is 2.47. The van der Waals surface area contributed by atoms with Gasteiger partial charge in [0.05, 0.1) is 10.7 Å². The minimum absolute atomic E-state index is 0. The Hall–Kier alpha value is -0.710. The van der Waals surface area contributed by atoms with Gasteiger partial charge in [0.1, 0.15) is 0 Å². The number of halogens is 1. The monoisotopic (exact) mass is 533 g/mol. The Balaban J connectivity index is 0.00000280. The van der Waals surface area contributed by atoms with Crippen LogP contribution in [-0.2, 0) is 6.54 Å². The molecule has 0 aliphatic carbocycles. The maximum atomic E-state index is 4.59. The number of thiazole rings is 1. The summed E-state index contributed by atoms with van der Waals surface area (Å²) in [7, 11) is 1.85. The summed E-state index contributed by atoms with van der Waals surface area (Å²) in [6.45, 7) is 9.55. The van der Waals surface area contributed by atoms with Gasteiger partial charge in [-0.3, -0.25) is 9.89 Å². The van der Waals surface area contributed by atoms with Crippen molar-refractivity contribution < 1.29 is 0 Å². The predicted octanol–water partition coefficient (Wildman–Crippen LogP) is 4.31. The molecule has 2 aromatic heterocycles. The molecule has 1 aliphatic rings. The minimum Gasteiger partial charge on any atom is -0.356 e. The number of aryl methyl sites for hydroxylation is 1. The normalized spacial score (nSPS) is 17.2. The number of hydrogen-bond acceptors (Lipinski definition) is 5.